The summed E-state index contributed by atoms with van der Waals surface area (Å²) in [6.07, 6.45) is 2.35. The Bertz CT molecular complexity index is 1520. The van der Waals surface area contributed by atoms with E-state index in [-0.39, 0.29) is 22.8 Å². The van der Waals surface area contributed by atoms with Gasteiger partial charge in [-0.3, -0.25) is 19.3 Å². The Hall–Kier alpha value is -4.16. The number of aliphatic carboxylic acids is 1. The zero-order chi connectivity index (χ0) is 29.3. The van der Waals surface area contributed by atoms with Gasteiger partial charge in [0.25, 0.3) is 11.8 Å². The van der Waals surface area contributed by atoms with Crippen molar-refractivity contribution in [3.8, 4) is 0 Å². The van der Waals surface area contributed by atoms with E-state index in [1.54, 1.807) is 22.2 Å². The molecule has 0 bridgehead atoms. The molecule has 18 heteroatoms. The number of tetrazole rings is 1. The van der Waals surface area contributed by atoms with Crippen molar-refractivity contribution in [2.75, 3.05) is 11.5 Å². The average Bonchev–Trinajstić information content (AvgIpc) is 3.75. The zero-order valence-corrected chi connectivity index (χ0v) is 23.6. The molecule has 5 amide bonds. The summed E-state index contributed by atoms with van der Waals surface area (Å²) >= 11 is 3.66. The smallest absolute Gasteiger partial charge is 0.352 e. The van der Waals surface area contributed by atoms with Crippen molar-refractivity contribution in [2.45, 2.75) is 36.1 Å². The first-order chi connectivity index (χ1) is 19.7. The Labute approximate surface area is 244 Å². The number of furan rings is 1. The number of nitrogens with zero attached hydrogens (tertiary/aromatic N) is 6. The van der Waals surface area contributed by atoms with Crippen LogP contribution in [0.3, 0.4) is 0 Å². The second-order valence-electron chi connectivity index (χ2n) is 8.66. The SMILES string of the molecule is CCn1nnnc1SCC1=C(C(=O)O)N2C(=O)[C@H](NC(=O)C(c3cccs3)N(C(N)=O)C(=O)c3ccoc3)[C@@H]2SC1. The lowest BCUT2D eigenvalue weighted by atomic mass is 10.0. The summed E-state index contributed by atoms with van der Waals surface area (Å²) in [5, 5.41) is 25.5. The van der Waals surface area contributed by atoms with E-state index in [0.717, 1.165) is 22.5 Å². The predicted molar refractivity (Wildman–Crippen MR) is 145 cm³/mol. The summed E-state index contributed by atoms with van der Waals surface area (Å²) < 4.78 is 6.50. The molecule has 41 heavy (non-hydrogen) atoms. The fourth-order valence-corrected chi connectivity index (χ4v) is 7.61. The number of aromatic nitrogens is 4. The van der Waals surface area contributed by atoms with E-state index in [9.17, 15) is 29.1 Å². The number of rotatable bonds is 10. The number of thiophene rings is 1. The summed E-state index contributed by atoms with van der Waals surface area (Å²) in [6.45, 7) is 2.41. The fraction of sp³-hybridized carbons (Fsp3) is 0.304. The first-order valence-electron chi connectivity index (χ1n) is 12.0. The van der Waals surface area contributed by atoms with Crippen molar-refractivity contribution < 1.29 is 33.5 Å². The fourth-order valence-electron chi connectivity index (χ4n) is 4.37. The van der Waals surface area contributed by atoms with Gasteiger partial charge in [-0.1, -0.05) is 17.8 Å². The number of nitrogens with one attached hydrogen (secondary N) is 1. The van der Waals surface area contributed by atoms with E-state index in [1.807, 2.05) is 6.92 Å². The number of carbonyl (C=O) groups is 5. The van der Waals surface area contributed by atoms with Crippen molar-refractivity contribution in [1.82, 2.24) is 35.3 Å². The molecule has 2 aliphatic rings. The van der Waals surface area contributed by atoms with Crippen LogP contribution in [0.4, 0.5) is 4.79 Å². The number of primary amides is 1. The first-order valence-corrected chi connectivity index (χ1v) is 14.9. The third-order valence-electron chi connectivity index (χ3n) is 6.27. The van der Waals surface area contributed by atoms with Gasteiger partial charge in [-0.15, -0.1) is 28.2 Å². The number of nitrogens with two attached hydrogens (primary N) is 1. The van der Waals surface area contributed by atoms with Gasteiger partial charge in [0, 0.05) is 22.9 Å². The highest BCUT2D eigenvalue weighted by atomic mass is 32.2. The lowest BCUT2D eigenvalue weighted by Gasteiger charge is -2.49. The van der Waals surface area contributed by atoms with E-state index in [4.69, 9.17) is 10.2 Å². The molecule has 3 aromatic rings. The van der Waals surface area contributed by atoms with Gasteiger partial charge >= 0.3 is 12.0 Å². The number of hydrogen-bond donors (Lipinski definition) is 3. The van der Waals surface area contributed by atoms with Crippen LogP contribution in [0.25, 0.3) is 0 Å². The van der Waals surface area contributed by atoms with Gasteiger partial charge in [-0.2, -0.15) is 0 Å². The summed E-state index contributed by atoms with van der Waals surface area (Å²) in [5.41, 5.74) is 5.90. The molecule has 1 fully saturated rings. The zero-order valence-electron chi connectivity index (χ0n) is 21.2. The number of fused-ring (bicyclic) bond motifs is 1. The Balaban J connectivity index is 1.36. The van der Waals surface area contributed by atoms with E-state index in [2.05, 4.69) is 20.8 Å². The van der Waals surface area contributed by atoms with Gasteiger partial charge in [0.1, 0.15) is 23.4 Å². The minimum absolute atomic E-state index is 0.00138. The molecule has 5 rings (SSSR count). The van der Waals surface area contributed by atoms with Crippen LogP contribution >= 0.6 is 34.9 Å². The monoisotopic (exact) mass is 618 g/mol. The van der Waals surface area contributed by atoms with Crippen molar-refractivity contribution in [3.63, 3.8) is 0 Å². The number of aryl methyl sites for hydroxylation is 1. The molecule has 3 atom stereocenters. The van der Waals surface area contributed by atoms with Crippen LogP contribution in [0.5, 0.6) is 0 Å². The van der Waals surface area contributed by atoms with Crippen molar-refractivity contribution >= 4 is 64.6 Å². The van der Waals surface area contributed by atoms with E-state index >= 15 is 0 Å². The molecule has 0 spiro atoms. The predicted octanol–water partition coefficient (Wildman–Crippen LogP) is 1.14. The van der Waals surface area contributed by atoms with E-state index < -0.39 is 47.2 Å². The van der Waals surface area contributed by atoms with Gasteiger partial charge < -0.3 is 20.6 Å². The lowest BCUT2D eigenvalue weighted by molar-refractivity contribution is -0.151. The van der Waals surface area contributed by atoms with Gasteiger partial charge in [-0.25, -0.2) is 19.2 Å². The highest BCUT2D eigenvalue weighted by Crippen LogP contribution is 2.42. The molecule has 214 valence electrons. The Morgan fingerprint density at radius 3 is 2.78 bits per heavy atom. The Kier molecular flexibility index (Phi) is 8.13. The number of carboxylic acids is 1. The molecule has 1 unspecified atom stereocenters. The highest BCUT2D eigenvalue weighted by Gasteiger charge is 2.55. The van der Waals surface area contributed by atoms with E-state index in [0.29, 0.717) is 27.1 Å². The highest BCUT2D eigenvalue weighted by molar-refractivity contribution is 8.01. The van der Waals surface area contributed by atoms with Gasteiger partial charge in [-0.05, 0) is 40.4 Å². The summed E-state index contributed by atoms with van der Waals surface area (Å²) in [6, 6.07) is 0.775. The minimum atomic E-state index is -1.48. The summed E-state index contributed by atoms with van der Waals surface area (Å²) in [7, 11) is 0. The quantitative estimate of drug-likeness (QED) is 0.216. The molecule has 3 aromatic heterocycles. The maximum atomic E-state index is 13.6. The lowest BCUT2D eigenvalue weighted by Crippen LogP contribution is -2.71. The molecule has 0 radical (unpaired) electrons. The molecule has 0 saturated carbocycles. The minimum Gasteiger partial charge on any atom is -0.477 e. The molecule has 5 heterocycles. The molecule has 0 aliphatic carbocycles. The normalized spacial score (nSPS) is 18.9. The third-order valence-corrected chi connectivity index (χ3v) is 9.57. The number of amides is 5. The Morgan fingerprint density at radius 2 is 2.15 bits per heavy atom. The molecule has 2 aliphatic heterocycles. The number of carbonyl (C=O) groups excluding carboxylic acids is 4. The summed E-state index contributed by atoms with van der Waals surface area (Å²) in [5.74, 6) is -3.07. The number of imide groups is 1. The van der Waals surface area contributed by atoms with Crippen LogP contribution in [-0.4, -0.2) is 87.8 Å². The first kappa shape index (κ1) is 28.4. The topological polar surface area (TPSA) is 207 Å². The molecule has 4 N–H and O–H groups in total. The third kappa shape index (κ3) is 5.32. The summed E-state index contributed by atoms with van der Waals surface area (Å²) in [4.78, 5) is 66.7. The number of thioether (sulfide) groups is 2. The van der Waals surface area contributed by atoms with Gasteiger partial charge in [0.15, 0.2) is 6.04 Å². The molecule has 0 aromatic carbocycles. The number of hydrogen-bond acceptors (Lipinski definition) is 12. The van der Waals surface area contributed by atoms with Crippen LogP contribution in [0.1, 0.15) is 28.2 Å². The number of urea groups is 1. The van der Waals surface area contributed by atoms with Crippen molar-refractivity contribution in [2.24, 2.45) is 5.73 Å². The second kappa shape index (κ2) is 11.8. The van der Waals surface area contributed by atoms with Gasteiger partial charge in [0.2, 0.25) is 11.1 Å². The van der Waals surface area contributed by atoms with Gasteiger partial charge in [0.05, 0.1) is 11.8 Å². The van der Waals surface area contributed by atoms with Crippen molar-refractivity contribution in [1.29, 1.82) is 0 Å². The van der Waals surface area contributed by atoms with Crippen LogP contribution in [-0.2, 0) is 20.9 Å². The van der Waals surface area contributed by atoms with Crippen LogP contribution in [0, 0.1) is 0 Å². The molecule has 15 nitrogen and oxygen atoms in total. The molecular formula is C23H22N8O7S3. The second-order valence-corrected chi connectivity index (χ2v) is 11.7. The molecular weight excluding hydrogens is 597 g/mol. The van der Waals surface area contributed by atoms with Crippen LogP contribution < -0.4 is 11.1 Å². The average molecular weight is 619 g/mol. The van der Waals surface area contributed by atoms with Crippen molar-refractivity contribution in [3.05, 3.63) is 57.8 Å². The maximum Gasteiger partial charge on any atom is 0.352 e. The van der Waals surface area contributed by atoms with E-state index in [1.165, 1.54) is 35.9 Å². The standard InChI is InChI=1S/C23H22N8O7S3/c1-2-29-23(26-27-28-29)41-10-12-9-40-20-14(19(34)30(20)15(12)21(35)36)25-17(32)16(13-4-3-7-39-13)31(22(24)37)18(33)11-5-6-38-8-11/h3-8,14,16,20H,2,9-10H2,1H3,(H2,24,37)(H,25,32)(H,35,36)/t14-,16?,20-/m0/s1. The number of carboxylic acid groups (broad SMARTS) is 1. The Morgan fingerprint density at radius 1 is 1.34 bits per heavy atom. The maximum absolute atomic E-state index is 13.6. The van der Waals surface area contributed by atoms with Crippen LogP contribution in [0.2, 0.25) is 0 Å². The largest absolute Gasteiger partial charge is 0.477 e. The molecule has 1 saturated heterocycles. The van der Waals surface area contributed by atoms with Crippen LogP contribution in [0.15, 0.2) is 56.9 Å². The number of β-lactam (4-membered cyclic amide) rings is 1.